The van der Waals surface area contributed by atoms with Crippen LogP contribution >= 0.6 is 15.9 Å². The van der Waals surface area contributed by atoms with E-state index in [0.717, 1.165) is 26.9 Å². The van der Waals surface area contributed by atoms with E-state index in [2.05, 4.69) is 30.9 Å². The van der Waals surface area contributed by atoms with Gasteiger partial charge in [-0.3, -0.25) is 0 Å². The van der Waals surface area contributed by atoms with Gasteiger partial charge in [-0.15, -0.1) is 0 Å². The van der Waals surface area contributed by atoms with Gasteiger partial charge in [0, 0.05) is 17.8 Å². The Morgan fingerprint density at radius 3 is 2.69 bits per heavy atom. The molecule has 0 saturated heterocycles. The second-order valence-corrected chi connectivity index (χ2v) is 8.28. The minimum absolute atomic E-state index is 0.218. The minimum atomic E-state index is -0.320. The van der Waals surface area contributed by atoms with Crippen molar-refractivity contribution in [1.29, 1.82) is 0 Å². The molecule has 32 heavy (non-hydrogen) atoms. The average molecular weight is 497 g/mol. The molecule has 0 spiro atoms. The smallest absolute Gasteiger partial charge is 0.212 e. The summed E-state index contributed by atoms with van der Waals surface area (Å²) in [5.74, 6) is 2.37. The van der Waals surface area contributed by atoms with Crippen LogP contribution in [0, 0.1) is 0 Å². The molecule has 9 heteroatoms. The molecule has 164 valence electrons. The summed E-state index contributed by atoms with van der Waals surface area (Å²) in [6.07, 6.45) is 2.98. The fourth-order valence-corrected chi connectivity index (χ4v) is 4.11. The fraction of sp³-hybridized carbons (Fsp3) is 0.261. The highest BCUT2D eigenvalue weighted by molar-refractivity contribution is 9.10. The molecule has 0 fully saturated rings. The van der Waals surface area contributed by atoms with Crippen LogP contribution in [-0.4, -0.2) is 39.8 Å². The van der Waals surface area contributed by atoms with Crippen LogP contribution in [0.3, 0.4) is 0 Å². The lowest BCUT2D eigenvalue weighted by Crippen LogP contribution is -2.31. The van der Waals surface area contributed by atoms with E-state index in [1.807, 2.05) is 47.9 Å². The lowest BCUT2D eigenvalue weighted by atomic mass is 10.0. The first-order chi connectivity index (χ1) is 15.6. The highest BCUT2D eigenvalue weighted by Gasteiger charge is 2.32. The molecule has 2 atom stereocenters. The number of aromatic nitrogens is 4. The monoisotopic (exact) mass is 496 g/mol. The normalized spacial score (nSPS) is 17.4. The van der Waals surface area contributed by atoms with Gasteiger partial charge in [0.1, 0.15) is 16.2 Å². The first-order valence-corrected chi connectivity index (χ1v) is 10.9. The van der Waals surface area contributed by atoms with Gasteiger partial charge < -0.3 is 23.5 Å². The molecule has 1 aliphatic heterocycles. The number of ether oxygens (including phenoxy) is 4. The van der Waals surface area contributed by atoms with Gasteiger partial charge in [-0.1, -0.05) is 0 Å². The standard InChI is InChI=1S/C23H21BrN4O4/c1-13-21(15-4-7-20(30-3)25-10-15)32-22-17(29-2)8-14(9-18(22)31-13)11-28-12-26-16-5-6-19(24)27-23(16)28/h4-10,12-13,21H,11H2,1-3H3/t13-,21+/m0/s1. The third-order valence-corrected chi connectivity index (χ3v) is 5.80. The quantitative estimate of drug-likeness (QED) is 0.374. The number of fused-ring (bicyclic) bond motifs is 2. The lowest BCUT2D eigenvalue weighted by Gasteiger charge is -2.33. The van der Waals surface area contributed by atoms with Crippen LogP contribution in [0.25, 0.3) is 11.2 Å². The maximum absolute atomic E-state index is 6.33. The van der Waals surface area contributed by atoms with Gasteiger partial charge in [0.15, 0.2) is 23.3 Å². The van der Waals surface area contributed by atoms with Gasteiger partial charge in [0.05, 0.1) is 27.1 Å². The minimum Gasteiger partial charge on any atom is -0.493 e. The molecule has 4 aromatic rings. The first-order valence-electron chi connectivity index (χ1n) is 10.1. The Bertz CT molecular complexity index is 1280. The second kappa shape index (κ2) is 8.31. The molecule has 8 nitrogen and oxygen atoms in total. The Balaban J connectivity index is 1.46. The molecule has 0 bridgehead atoms. The predicted octanol–water partition coefficient (Wildman–Crippen LogP) is 4.56. The van der Waals surface area contributed by atoms with Crippen molar-refractivity contribution in [1.82, 2.24) is 19.5 Å². The summed E-state index contributed by atoms with van der Waals surface area (Å²) in [5, 5.41) is 0. The van der Waals surface area contributed by atoms with Gasteiger partial charge in [0.2, 0.25) is 11.6 Å². The van der Waals surface area contributed by atoms with E-state index in [1.54, 1.807) is 26.7 Å². The summed E-state index contributed by atoms with van der Waals surface area (Å²) in [4.78, 5) is 13.3. The van der Waals surface area contributed by atoms with E-state index in [0.29, 0.717) is 29.7 Å². The molecular formula is C23H21BrN4O4. The van der Waals surface area contributed by atoms with Gasteiger partial charge in [-0.25, -0.2) is 15.0 Å². The number of halogens is 1. The SMILES string of the molecule is COc1ccc([C@@H]2Oc3c(OC)cc(Cn4cnc5ccc(Br)nc54)cc3O[C@H]2C)cn1. The van der Waals surface area contributed by atoms with Crippen molar-refractivity contribution in [3.05, 3.63) is 64.7 Å². The fourth-order valence-electron chi connectivity index (χ4n) is 3.81. The van der Waals surface area contributed by atoms with Crippen LogP contribution in [0.2, 0.25) is 0 Å². The Kier molecular flexibility index (Phi) is 5.34. The summed E-state index contributed by atoms with van der Waals surface area (Å²) >= 11 is 3.43. The number of nitrogens with zero attached hydrogens (tertiary/aromatic N) is 4. The van der Waals surface area contributed by atoms with Gasteiger partial charge in [0.25, 0.3) is 0 Å². The van der Waals surface area contributed by atoms with E-state index in [1.165, 1.54) is 0 Å². The highest BCUT2D eigenvalue weighted by atomic mass is 79.9. The molecule has 0 N–H and O–H groups in total. The van der Waals surface area contributed by atoms with Crippen LogP contribution < -0.4 is 18.9 Å². The number of hydrogen-bond donors (Lipinski definition) is 0. The molecule has 0 radical (unpaired) electrons. The third kappa shape index (κ3) is 3.73. The number of pyridine rings is 2. The van der Waals surface area contributed by atoms with E-state index < -0.39 is 0 Å². The molecule has 1 aromatic carbocycles. The third-order valence-electron chi connectivity index (χ3n) is 5.36. The molecule has 0 unspecified atom stereocenters. The Labute approximate surface area is 193 Å². The molecule has 1 aliphatic rings. The maximum Gasteiger partial charge on any atom is 0.212 e. The van der Waals surface area contributed by atoms with E-state index in [-0.39, 0.29) is 12.2 Å². The van der Waals surface area contributed by atoms with E-state index in [9.17, 15) is 0 Å². The lowest BCUT2D eigenvalue weighted by molar-refractivity contribution is 0.0277. The summed E-state index contributed by atoms with van der Waals surface area (Å²) in [6, 6.07) is 11.5. The zero-order valence-corrected chi connectivity index (χ0v) is 19.4. The van der Waals surface area contributed by atoms with E-state index >= 15 is 0 Å². The predicted molar refractivity (Wildman–Crippen MR) is 122 cm³/mol. The Morgan fingerprint density at radius 2 is 1.94 bits per heavy atom. The summed E-state index contributed by atoms with van der Waals surface area (Å²) in [6.45, 7) is 2.54. The molecule has 0 aliphatic carbocycles. The van der Waals surface area contributed by atoms with Crippen molar-refractivity contribution in [2.45, 2.75) is 25.7 Å². The molecule has 0 saturated carbocycles. The van der Waals surface area contributed by atoms with Crippen LogP contribution in [0.15, 0.2) is 53.5 Å². The zero-order chi connectivity index (χ0) is 22.2. The van der Waals surface area contributed by atoms with Crippen LogP contribution in [0.1, 0.15) is 24.2 Å². The van der Waals surface area contributed by atoms with E-state index in [4.69, 9.17) is 18.9 Å². The zero-order valence-electron chi connectivity index (χ0n) is 17.8. The van der Waals surface area contributed by atoms with Crippen LogP contribution in [-0.2, 0) is 6.54 Å². The number of hydrogen-bond acceptors (Lipinski definition) is 7. The topological polar surface area (TPSA) is 80.5 Å². The van der Waals surface area contributed by atoms with Crippen molar-refractivity contribution in [3.8, 4) is 23.1 Å². The van der Waals surface area contributed by atoms with Crippen molar-refractivity contribution in [2.75, 3.05) is 14.2 Å². The summed E-state index contributed by atoms with van der Waals surface area (Å²) in [5.41, 5.74) is 3.52. The Hall–Kier alpha value is -3.33. The van der Waals surface area contributed by atoms with Gasteiger partial charge >= 0.3 is 0 Å². The van der Waals surface area contributed by atoms with Crippen molar-refractivity contribution < 1.29 is 18.9 Å². The average Bonchev–Trinajstić information content (AvgIpc) is 3.19. The van der Waals surface area contributed by atoms with Crippen molar-refractivity contribution >= 4 is 27.1 Å². The number of rotatable bonds is 5. The van der Waals surface area contributed by atoms with Crippen LogP contribution in [0.5, 0.6) is 23.1 Å². The Morgan fingerprint density at radius 1 is 1.06 bits per heavy atom. The second-order valence-electron chi connectivity index (χ2n) is 7.47. The molecule has 5 rings (SSSR count). The largest absolute Gasteiger partial charge is 0.493 e. The molecule has 0 amide bonds. The van der Waals surface area contributed by atoms with Crippen molar-refractivity contribution in [2.24, 2.45) is 0 Å². The number of imidazole rings is 1. The highest BCUT2D eigenvalue weighted by Crippen LogP contribution is 2.46. The van der Waals surface area contributed by atoms with Gasteiger partial charge in [-0.2, -0.15) is 0 Å². The van der Waals surface area contributed by atoms with Crippen molar-refractivity contribution in [3.63, 3.8) is 0 Å². The maximum atomic E-state index is 6.33. The van der Waals surface area contributed by atoms with Gasteiger partial charge in [-0.05, 0) is 58.7 Å². The van der Waals surface area contributed by atoms with Crippen LogP contribution in [0.4, 0.5) is 0 Å². The summed E-state index contributed by atoms with van der Waals surface area (Å²) < 4.78 is 26.1. The number of methoxy groups -OCH3 is 2. The molecule has 4 heterocycles. The molecule has 3 aromatic heterocycles. The first kappa shape index (κ1) is 20.6. The molecular weight excluding hydrogens is 476 g/mol. The summed E-state index contributed by atoms with van der Waals surface area (Å²) in [7, 11) is 3.21. The number of benzene rings is 1.